The Morgan fingerprint density at radius 1 is 0.939 bits per heavy atom. The van der Waals surface area contributed by atoms with E-state index in [1.165, 1.54) is 6.42 Å². The maximum absolute atomic E-state index is 10.3. The average molecular weight is 465 g/mol. The molecule has 6 unspecified atom stereocenters. The molecular formula is C24H32O9. The number of methoxy groups -OCH3 is 1. The highest BCUT2D eigenvalue weighted by Crippen LogP contribution is 2.69. The molecule has 9 heteroatoms. The van der Waals surface area contributed by atoms with Gasteiger partial charge in [-0.05, 0) is 67.9 Å². The number of hydrogen-bond donors (Lipinski definition) is 4. The minimum Gasteiger partial charge on any atom is -0.462 e. The van der Waals surface area contributed by atoms with Crippen molar-refractivity contribution in [3.8, 4) is 5.75 Å². The smallest absolute Gasteiger partial charge is 0.260 e. The topological polar surface area (TPSA) is 127 Å². The first-order chi connectivity index (χ1) is 15.9. The lowest BCUT2D eigenvalue weighted by molar-refractivity contribution is -0.645. The van der Waals surface area contributed by atoms with E-state index in [0.717, 1.165) is 43.1 Å². The Morgan fingerprint density at radius 2 is 1.64 bits per heavy atom. The molecule has 182 valence electrons. The number of ether oxygens (including phenoxy) is 3. The van der Waals surface area contributed by atoms with E-state index in [4.69, 9.17) is 24.0 Å². The van der Waals surface area contributed by atoms with E-state index in [2.05, 4.69) is 0 Å². The maximum atomic E-state index is 10.3. The summed E-state index contributed by atoms with van der Waals surface area (Å²) in [7, 11) is 1.64. The van der Waals surface area contributed by atoms with Crippen molar-refractivity contribution in [1.82, 2.24) is 0 Å². The Hall–Kier alpha value is -1.30. The Balaban J connectivity index is 1.29. The Morgan fingerprint density at radius 3 is 2.21 bits per heavy atom. The molecule has 0 radical (unpaired) electrons. The van der Waals surface area contributed by atoms with Crippen LogP contribution in [-0.2, 0) is 25.0 Å². The summed E-state index contributed by atoms with van der Waals surface area (Å²) in [4.78, 5) is 11.8. The Kier molecular flexibility index (Phi) is 5.28. The summed E-state index contributed by atoms with van der Waals surface area (Å²) in [5, 5.41) is 39.9. The molecule has 1 aromatic rings. The van der Waals surface area contributed by atoms with E-state index < -0.39 is 48.7 Å². The molecular weight excluding hydrogens is 432 g/mol. The van der Waals surface area contributed by atoms with E-state index in [0.29, 0.717) is 17.6 Å². The van der Waals surface area contributed by atoms with E-state index in [1.54, 1.807) is 25.3 Å². The first kappa shape index (κ1) is 22.2. The third-order valence-corrected chi connectivity index (χ3v) is 8.76. The van der Waals surface area contributed by atoms with Crippen LogP contribution in [0.5, 0.6) is 5.75 Å². The van der Waals surface area contributed by atoms with Crippen LogP contribution in [0.2, 0.25) is 0 Å². The van der Waals surface area contributed by atoms with Gasteiger partial charge < -0.3 is 34.6 Å². The highest BCUT2D eigenvalue weighted by atomic mass is 17.3. The molecule has 0 amide bonds. The summed E-state index contributed by atoms with van der Waals surface area (Å²) in [6.07, 6.45) is -0.895. The fraction of sp³-hybridized carbons (Fsp3) is 0.750. The largest absolute Gasteiger partial charge is 0.462 e. The molecule has 6 atom stereocenters. The first-order valence-electron chi connectivity index (χ1n) is 11.9. The molecule has 2 saturated heterocycles. The molecule has 6 aliphatic rings. The molecule has 4 bridgehead atoms. The normalized spacial score (nSPS) is 50.4. The molecule has 1 spiro atoms. The van der Waals surface area contributed by atoms with E-state index in [9.17, 15) is 20.4 Å². The van der Waals surface area contributed by atoms with Crippen LogP contribution in [0.15, 0.2) is 24.3 Å². The van der Waals surface area contributed by atoms with Gasteiger partial charge in [0.05, 0.1) is 6.61 Å². The molecule has 0 aromatic heterocycles. The standard InChI is InChI=1S/C24H32O9/c1-29-24(23(32-33-24)15-6-12-5-13(8-15)9-16(23)7-12)14-3-2-4-17(10-14)30-22-21(28)20(27)19(26)18(11-25)31-22/h2-4,10,12-13,15-16,18-22,25-28H,5-9,11H2,1H3. The molecule has 7 rings (SSSR count). The van der Waals surface area contributed by atoms with Crippen LogP contribution in [-0.4, -0.2) is 70.4 Å². The molecule has 4 aliphatic carbocycles. The number of aliphatic hydroxyl groups is 4. The molecule has 4 saturated carbocycles. The molecule has 9 nitrogen and oxygen atoms in total. The Bertz CT molecular complexity index is 858. The van der Waals surface area contributed by atoms with Crippen molar-refractivity contribution in [1.29, 1.82) is 0 Å². The lowest BCUT2D eigenvalue weighted by Gasteiger charge is -2.68. The highest BCUT2D eigenvalue weighted by Gasteiger charge is 2.76. The zero-order valence-electron chi connectivity index (χ0n) is 18.6. The van der Waals surface area contributed by atoms with Gasteiger partial charge in [0, 0.05) is 12.7 Å². The zero-order valence-corrected chi connectivity index (χ0v) is 18.6. The molecule has 33 heavy (non-hydrogen) atoms. The van der Waals surface area contributed by atoms with Gasteiger partial charge >= 0.3 is 0 Å². The van der Waals surface area contributed by atoms with Crippen molar-refractivity contribution < 1.29 is 44.4 Å². The minimum absolute atomic E-state index is 0.373. The van der Waals surface area contributed by atoms with Gasteiger partial charge in [0.1, 0.15) is 30.2 Å². The van der Waals surface area contributed by atoms with Crippen molar-refractivity contribution in [2.75, 3.05) is 13.7 Å². The van der Waals surface area contributed by atoms with Gasteiger partial charge in [-0.2, -0.15) is 4.89 Å². The molecule has 2 heterocycles. The zero-order chi connectivity index (χ0) is 23.0. The molecule has 6 fully saturated rings. The van der Waals surface area contributed by atoms with Crippen LogP contribution in [0.4, 0.5) is 0 Å². The summed E-state index contributed by atoms with van der Waals surface area (Å²) >= 11 is 0. The average Bonchev–Trinajstić information content (AvgIpc) is 2.79. The fourth-order valence-electron chi connectivity index (χ4n) is 7.43. The second kappa shape index (κ2) is 7.86. The van der Waals surface area contributed by atoms with Crippen molar-refractivity contribution in [3.05, 3.63) is 29.8 Å². The van der Waals surface area contributed by atoms with E-state index in [-0.39, 0.29) is 0 Å². The molecule has 4 N–H and O–H groups in total. The summed E-state index contributed by atoms with van der Waals surface area (Å²) in [6.45, 7) is -0.518. The van der Waals surface area contributed by atoms with E-state index >= 15 is 0 Å². The summed E-state index contributed by atoms with van der Waals surface area (Å²) in [5.74, 6) is 1.60. The lowest BCUT2D eigenvalue weighted by Crippen LogP contribution is -2.76. The van der Waals surface area contributed by atoms with Crippen LogP contribution < -0.4 is 4.74 Å². The van der Waals surface area contributed by atoms with Crippen molar-refractivity contribution in [2.45, 2.75) is 74.2 Å². The van der Waals surface area contributed by atoms with Gasteiger partial charge in [0.25, 0.3) is 5.79 Å². The van der Waals surface area contributed by atoms with Crippen molar-refractivity contribution >= 4 is 0 Å². The quantitative estimate of drug-likeness (QED) is 0.469. The van der Waals surface area contributed by atoms with Crippen LogP contribution >= 0.6 is 0 Å². The second-order valence-electron chi connectivity index (χ2n) is 10.4. The minimum atomic E-state index is -1.51. The Labute approximate surface area is 192 Å². The van der Waals surface area contributed by atoms with Gasteiger partial charge in [0.15, 0.2) is 5.60 Å². The SMILES string of the molecule is COC1(c2cccc(OC3OC(CO)C(O)C(O)C3O)c2)OOC12C1CC3CC(C1)CC2C3. The molecule has 1 aromatic carbocycles. The number of rotatable bonds is 5. The summed E-state index contributed by atoms with van der Waals surface area (Å²) in [6, 6.07) is 7.21. The highest BCUT2D eigenvalue weighted by molar-refractivity contribution is 5.36. The fourth-order valence-corrected chi connectivity index (χ4v) is 7.43. The number of benzene rings is 1. The summed E-state index contributed by atoms with van der Waals surface area (Å²) < 4.78 is 17.4. The molecule has 2 aliphatic heterocycles. The van der Waals surface area contributed by atoms with Gasteiger partial charge in [-0.3, -0.25) is 0 Å². The first-order valence-corrected chi connectivity index (χ1v) is 11.9. The van der Waals surface area contributed by atoms with Crippen LogP contribution in [0.25, 0.3) is 0 Å². The van der Waals surface area contributed by atoms with Gasteiger partial charge in [-0.15, -0.1) is 0 Å². The predicted octanol–water partition coefficient (Wildman–Crippen LogP) is 0.821. The van der Waals surface area contributed by atoms with Gasteiger partial charge in [0.2, 0.25) is 6.29 Å². The van der Waals surface area contributed by atoms with Gasteiger partial charge in [-0.1, -0.05) is 12.1 Å². The van der Waals surface area contributed by atoms with Crippen LogP contribution in [0, 0.1) is 23.7 Å². The lowest BCUT2D eigenvalue weighted by atomic mass is 9.47. The van der Waals surface area contributed by atoms with Crippen LogP contribution in [0.1, 0.15) is 37.7 Å². The number of hydrogen-bond acceptors (Lipinski definition) is 9. The third-order valence-electron chi connectivity index (χ3n) is 8.76. The predicted molar refractivity (Wildman–Crippen MR) is 111 cm³/mol. The van der Waals surface area contributed by atoms with E-state index in [1.807, 2.05) is 6.07 Å². The second-order valence-corrected chi connectivity index (χ2v) is 10.4. The van der Waals surface area contributed by atoms with Crippen LogP contribution in [0.3, 0.4) is 0 Å². The summed E-state index contributed by atoms with van der Waals surface area (Å²) in [5.41, 5.74) is 0.225. The van der Waals surface area contributed by atoms with Gasteiger partial charge in [-0.25, -0.2) is 4.89 Å². The number of aliphatic hydroxyl groups excluding tert-OH is 4. The van der Waals surface area contributed by atoms with Crippen molar-refractivity contribution in [2.24, 2.45) is 23.7 Å². The monoisotopic (exact) mass is 464 g/mol. The third kappa shape index (κ3) is 3.01. The maximum Gasteiger partial charge on any atom is 0.260 e. The van der Waals surface area contributed by atoms with Crippen molar-refractivity contribution in [3.63, 3.8) is 0 Å².